The predicted octanol–water partition coefficient (Wildman–Crippen LogP) is 3.19. The maximum absolute atomic E-state index is 12.4. The summed E-state index contributed by atoms with van der Waals surface area (Å²) in [4.78, 5) is 33.4. The van der Waals surface area contributed by atoms with Crippen LogP contribution in [0.3, 0.4) is 0 Å². The van der Waals surface area contributed by atoms with Crippen LogP contribution < -0.4 is 10.3 Å². The minimum absolute atomic E-state index is 0.0659. The van der Waals surface area contributed by atoms with E-state index in [9.17, 15) is 9.59 Å². The van der Waals surface area contributed by atoms with Gasteiger partial charge in [0.2, 0.25) is 5.91 Å². The summed E-state index contributed by atoms with van der Waals surface area (Å²) in [7, 11) is 1.60. The number of hydrogen-bond donors (Lipinski definition) is 1. The molecule has 0 radical (unpaired) electrons. The summed E-state index contributed by atoms with van der Waals surface area (Å²) < 4.78 is 5.14. The van der Waals surface area contributed by atoms with Gasteiger partial charge in [-0.15, -0.1) is 0 Å². The van der Waals surface area contributed by atoms with Crippen molar-refractivity contribution in [3.05, 3.63) is 40.7 Å². The first-order chi connectivity index (χ1) is 12.6. The third kappa shape index (κ3) is 5.62. The molecule has 0 unspecified atom stereocenters. The molecule has 0 atom stereocenters. The second kappa shape index (κ2) is 10.0. The molecule has 26 heavy (non-hydrogen) atoms. The van der Waals surface area contributed by atoms with Crippen LogP contribution in [0.15, 0.2) is 40.3 Å². The molecule has 1 amide bonds. The van der Waals surface area contributed by atoms with Crippen LogP contribution in [-0.4, -0.2) is 46.7 Å². The summed E-state index contributed by atoms with van der Waals surface area (Å²) >= 11 is 1.26. The number of hydrogen-bond acceptors (Lipinski definition) is 5. The highest BCUT2D eigenvalue weighted by molar-refractivity contribution is 7.99. The van der Waals surface area contributed by atoms with Gasteiger partial charge in [0.05, 0.1) is 18.6 Å². The van der Waals surface area contributed by atoms with Crippen molar-refractivity contribution < 1.29 is 9.53 Å². The zero-order valence-corrected chi connectivity index (χ0v) is 16.3. The fraction of sp³-hybridized carbons (Fsp3) is 0.421. The second-order valence-corrected chi connectivity index (χ2v) is 6.80. The Kier molecular flexibility index (Phi) is 7.72. The predicted molar refractivity (Wildman–Crippen MR) is 105 cm³/mol. The maximum Gasteiger partial charge on any atom is 0.252 e. The first-order valence-corrected chi connectivity index (χ1v) is 9.72. The summed E-state index contributed by atoms with van der Waals surface area (Å²) in [6, 6.07) is 8.80. The van der Waals surface area contributed by atoms with Gasteiger partial charge < -0.3 is 14.6 Å². The van der Waals surface area contributed by atoms with E-state index in [4.69, 9.17) is 4.74 Å². The van der Waals surface area contributed by atoms with Crippen molar-refractivity contribution in [2.24, 2.45) is 0 Å². The van der Waals surface area contributed by atoms with E-state index in [-0.39, 0.29) is 17.2 Å². The number of aromatic amines is 1. The maximum atomic E-state index is 12.4. The highest BCUT2D eigenvalue weighted by Crippen LogP contribution is 2.21. The Hall–Kier alpha value is -2.28. The first kappa shape index (κ1) is 20.0. The van der Waals surface area contributed by atoms with Gasteiger partial charge in [0.15, 0.2) is 5.16 Å². The molecule has 2 rings (SSSR count). The lowest BCUT2D eigenvalue weighted by atomic mass is 10.1. The normalized spacial score (nSPS) is 10.6. The van der Waals surface area contributed by atoms with Crippen LogP contribution in [0.4, 0.5) is 0 Å². The number of benzene rings is 1. The van der Waals surface area contributed by atoms with Gasteiger partial charge in [-0.2, -0.15) is 0 Å². The van der Waals surface area contributed by atoms with Crippen LogP contribution in [0.1, 0.15) is 26.7 Å². The lowest BCUT2D eigenvalue weighted by Gasteiger charge is -2.21. The number of rotatable bonds is 9. The summed E-state index contributed by atoms with van der Waals surface area (Å²) in [5.74, 6) is 1.07. The van der Waals surface area contributed by atoms with Gasteiger partial charge in [0, 0.05) is 24.7 Å². The van der Waals surface area contributed by atoms with Crippen LogP contribution in [-0.2, 0) is 4.79 Å². The lowest BCUT2D eigenvalue weighted by molar-refractivity contribution is -0.128. The van der Waals surface area contributed by atoms with Crippen LogP contribution >= 0.6 is 11.8 Å². The first-order valence-electron chi connectivity index (χ1n) is 8.73. The number of ether oxygens (including phenoxy) is 1. The van der Waals surface area contributed by atoms with Gasteiger partial charge in [0.25, 0.3) is 5.56 Å². The molecule has 0 aliphatic rings. The van der Waals surface area contributed by atoms with Gasteiger partial charge in [-0.3, -0.25) is 9.59 Å². The van der Waals surface area contributed by atoms with Crippen molar-refractivity contribution in [1.82, 2.24) is 14.9 Å². The third-order valence-corrected chi connectivity index (χ3v) is 4.64. The summed E-state index contributed by atoms with van der Waals surface area (Å²) in [5, 5.41) is 0.449. The minimum atomic E-state index is -0.236. The minimum Gasteiger partial charge on any atom is -0.497 e. The van der Waals surface area contributed by atoms with Crippen LogP contribution in [0.2, 0.25) is 0 Å². The number of nitrogens with zero attached hydrogens (tertiary/aromatic N) is 2. The van der Waals surface area contributed by atoms with Crippen molar-refractivity contribution in [3.8, 4) is 17.0 Å². The number of carbonyl (C=O) groups excluding carboxylic acids is 1. The number of methoxy groups -OCH3 is 1. The molecule has 1 heterocycles. The Balaban J connectivity index is 2.11. The number of H-pyrrole nitrogens is 1. The number of carbonyl (C=O) groups is 1. The Morgan fingerprint density at radius 2 is 1.85 bits per heavy atom. The van der Waals surface area contributed by atoms with E-state index in [0.29, 0.717) is 10.9 Å². The topological polar surface area (TPSA) is 75.3 Å². The second-order valence-electron chi connectivity index (χ2n) is 5.83. The standard InChI is InChI=1S/C19H25N3O3S/c1-4-10-22(11-5-2)18(24)13-26-19-20-16(12-17(23)21-19)14-6-8-15(25-3)9-7-14/h6-9,12H,4-5,10-11,13H2,1-3H3,(H,20,21,23). The zero-order valence-electron chi connectivity index (χ0n) is 15.4. The number of nitrogens with one attached hydrogen (secondary N) is 1. The van der Waals surface area contributed by atoms with Crippen LogP contribution in [0.5, 0.6) is 5.75 Å². The highest BCUT2D eigenvalue weighted by atomic mass is 32.2. The van der Waals surface area contributed by atoms with E-state index < -0.39 is 0 Å². The molecule has 6 nitrogen and oxygen atoms in total. The average molecular weight is 375 g/mol. The van der Waals surface area contributed by atoms with Crippen LogP contribution in [0.25, 0.3) is 11.3 Å². The van der Waals surface area contributed by atoms with E-state index in [1.54, 1.807) is 7.11 Å². The molecule has 7 heteroatoms. The number of aromatic nitrogens is 2. The Bertz CT molecular complexity index is 768. The molecule has 0 aliphatic heterocycles. The molecule has 0 fully saturated rings. The van der Waals surface area contributed by atoms with Gasteiger partial charge in [-0.25, -0.2) is 4.98 Å². The highest BCUT2D eigenvalue weighted by Gasteiger charge is 2.13. The summed E-state index contributed by atoms with van der Waals surface area (Å²) in [5.41, 5.74) is 1.16. The van der Waals surface area contributed by atoms with E-state index in [1.807, 2.05) is 29.2 Å². The summed E-state index contributed by atoms with van der Waals surface area (Å²) in [6.07, 6.45) is 1.86. The molecule has 140 valence electrons. The van der Waals surface area contributed by atoms with Gasteiger partial charge in [-0.05, 0) is 37.1 Å². The van der Waals surface area contributed by atoms with Crippen LogP contribution in [0, 0.1) is 0 Å². The molecule has 1 N–H and O–H groups in total. The largest absolute Gasteiger partial charge is 0.497 e. The van der Waals surface area contributed by atoms with Gasteiger partial charge in [0.1, 0.15) is 5.75 Å². The van der Waals surface area contributed by atoms with Gasteiger partial charge >= 0.3 is 0 Å². The molecular formula is C19H25N3O3S. The molecule has 0 spiro atoms. The Labute approximate surface area is 158 Å². The van der Waals surface area contributed by atoms with E-state index >= 15 is 0 Å². The smallest absolute Gasteiger partial charge is 0.252 e. The van der Waals surface area contributed by atoms with Gasteiger partial charge in [-0.1, -0.05) is 25.6 Å². The monoisotopic (exact) mass is 375 g/mol. The lowest BCUT2D eigenvalue weighted by Crippen LogP contribution is -2.33. The van der Waals surface area contributed by atoms with E-state index in [2.05, 4.69) is 23.8 Å². The molecule has 0 saturated carbocycles. The average Bonchev–Trinajstić information content (AvgIpc) is 2.65. The number of thioether (sulfide) groups is 1. The molecule has 0 aliphatic carbocycles. The quantitative estimate of drug-likeness (QED) is 0.538. The SMILES string of the molecule is CCCN(CCC)C(=O)CSc1nc(-c2ccc(OC)cc2)cc(=O)[nH]1. The Morgan fingerprint density at radius 3 is 2.42 bits per heavy atom. The molecule has 0 saturated heterocycles. The molecule has 0 bridgehead atoms. The fourth-order valence-corrected chi connectivity index (χ4v) is 3.31. The molecule has 1 aromatic carbocycles. The zero-order chi connectivity index (χ0) is 18.9. The Morgan fingerprint density at radius 1 is 1.19 bits per heavy atom. The molecule has 1 aromatic heterocycles. The fourth-order valence-electron chi connectivity index (χ4n) is 2.54. The van der Waals surface area contributed by atoms with E-state index in [1.165, 1.54) is 17.8 Å². The van der Waals surface area contributed by atoms with Crippen molar-refractivity contribution in [2.45, 2.75) is 31.8 Å². The van der Waals surface area contributed by atoms with Crippen molar-refractivity contribution >= 4 is 17.7 Å². The molecular weight excluding hydrogens is 350 g/mol. The van der Waals surface area contributed by atoms with Crippen molar-refractivity contribution in [2.75, 3.05) is 26.0 Å². The van der Waals surface area contributed by atoms with Crippen molar-refractivity contribution in [1.29, 1.82) is 0 Å². The molecule has 2 aromatic rings. The van der Waals surface area contributed by atoms with E-state index in [0.717, 1.165) is 37.2 Å². The number of amides is 1. The summed E-state index contributed by atoms with van der Waals surface area (Å²) in [6.45, 7) is 5.62. The van der Waals surface area contributed by atoms with Crippen molar-refractivity contribution in [3.63, 3.8) is 0 Å². The third-order valence-electron chi connectivity index (χ3n) is 3.78.